The highest BCUT2D eigenvalue weighted by Gasteiger charge is 2.09. The molecule has 0 aliphatic carbocycles. The molecule has 2 rings (SSSR count). The number of carbonyl (C=O) groups excluding carboxylic acids is 1. The van der Waals surface area contributed by atoms with E-state index in [9.17, 15) is 9.90 Å². The van der Waals surface area contributed by atoms with Gasteiger partial charge in [0.2, 0.25) is 0 Å². The zero-order chi connectivity index (χ0) is 13.0. The number of aldehydes is 1. The Kier molecular flexibility index (Phi) is 3.85. The highest BCUT2D eigenvalue weighted by Crippen LogP contribution is 2.35. The molecule has 0 heterocycles. The van der Waals surface area contributed by atoms with Crippen molar-refractivity contribution < 1.29 is 14.6 Å². The van der Waals surface area contributed by atoms with Crippen LogP contribution in [0.25, 0.3) is 0 Å². The van der Waals surface area contributed by atoms with Crippen molar-refractivity contribution in [2.45, 2.75) is 6.61 Å². The monoisotopic (exact) mass is 262 g/mol. The Labute approximate surface area is 110 Å². The van der Waals surface area contributed by atoms with Crippen molar-refractivity contribution in [3.63, 3.8) is 0 Å². The van der Waals surface area contributed by atoms with Crippen molar-refractivity contribution in [2.24, 2.45) is 0 Å². The number of hydrogen-bond acceptors (Lipinski definition) is 3. The maximum Gasteiger partial charge on any atom is 0.176 e. The van der Waals surface area contributed by atoms with Gasteiger partial charge in [-0.3, -0.25) is 4.79 Å². The van der Waals surface area contributed by atoms with Crippen LogP contribution >= 0.6 is 11.6 Å². The third-order valence-corrected chi connectivity index (χ3v) is 2.71. The van der Waals surface area contributed by atoms with Gasteiger partial charge in [-0.2, -0.15) is 0 Å². The predicted molar refractivity (Wildman–Crippen MR) is 69.3 cm³/mol. The summed E-state index contributed by atoms with van der Waals surface area (Å²) in [6.45, 7) is 0.299. The number of ether oxygens (including phenoxy) is 1. The van der Waals surface area contributed by atoms with Crippen LogP contribution in [-0.2, 0) is 6.61 Å². The van der Waals surface area contributed by atoms with Crippen LogP contribution in [0.3, 0.4) is 0 Å². The van der Waals surface area contributed by atoms with Gasteiger partial charge in [0.05, 0.1) is 5.02 Å². The van der Waals surface area contributed by atoms with Gasteiger partial charge in [-0.1, -0.05) is 41.9 Å². The largest absolute Gasteiger partial charge is 0.503 e. The molecule has 92 valence electrons. The van der Waals surface area contributed by atoms with E-state index in [1.807, 2.05) is 30.3 Å². The minimum Gasteiger partial charge on any atom is -0.503 e. The highest BCUT2D eigenvalue weighted by atomic mass is 35.5. The number of phenolic OH excluding ortho intramolecular Hbond substituents is 1. The fourth-order valence-corrected chi connectivity index (χ4v) is 1.73. The maximum atomic E-state index is 10.7. The zero-order valence-electron chi connectivity index (χ0n) is 9.47. The minimum absolute atomic E-state index is 0.0997. The van der Waals surface area contributed by atoms with E-state index in [2.05, 4.69) is 0 Å². The molecular weight excluding hydrogens is 252 g/mol. The zero-order valence-corrected chi connectivity index (χ0v) is 10.2. The van der Waals surface area contributed by atoms with Crippen LogP contribution in [-0.4, -0.2) is 11.4 Å². The van der Waals surface area contributed by atoms with E-state index in [1.165, 1.54) is 12.1 Å². The SMILES string of the molecule is O=Cc1cc(Cl)c(O)c(OCc2ccccc2)c1. The molecular formula is C14H11ClO3. The molecule has 2 aromatic rings. The lowest BCUT2D eigenvalue weighted by Gasteiger charge is -2.09. The summed E-state index contributed by atoms with van der Waals surface area (Å²) in [6, 6.07) is 12.4. The molecule has 3 nitrogen and oxygen atoms in total. The number of carbonyl (C=O) groups is 1. The van der Waals surface area contributed by atoms with Crippen molar-refractivity contribution in [1.29, 1.82) is 0 Å². The van der Waals surface area contributed by atoms with Crippen molar-refractivity contribution in [3.8, 4) is 11.5 Å². The lowest BCUT2D eigenvalue weighted by molar-refractivity contribution is 0.112. The van der Waals surface area contributed by atoms with Crippen molar-refractivity contribution in [3.05, 3.63) is 58.6 Å². The van der Waals surface area contributed by atoms with E-state index in [0.29, 0.717) is 18.5 Å². The molecule has 0 aliphatic rings. The number of aromatic hydroxyl groups is 1. The van der Waals surface area contributed by atoms with Gasteiger partial charge >= 0.3 is 0 Å². The van der Waals surface area contributed by atoms with Gasteiger partial charge in [-0.05, 0) is 17.7 Å². The summed E-state index contributed by atoms with van der Waals surface area (Å²) >= 11 is 5.79. The van der Waals surface area contributed by atoms with Crippen LogP contribution in [0.4, 0.5) is 0 Å². The van der Waals surface area contributed by atoms with E-state index in [1.54, 1.807) is 0 Å². The van der Waals surface area contributed by atoms with Crippen molar-refractivity contribution in [2.75, 3.05) is 0 Å². The smallest absolute Gasteiger partial charge is 0.176 e. The molecule has 0 radical (unpaired) electrons. The topological polar surface area (TPSA) is 46.5 Å². The Balaban J connectivity index is 2.19. The Morgan fingerprint density at radius 1 is 1.22 bits per heavy atom. The predicted octanol–water partition coefficient (Wildman–Crippen LogP) is 3.44. The van der Waals surface area contributed by atoms with Gasteiger partial charge in [0, 0.05) is 5.56 Å². The summed E-state index contributed by atoms with van der Waals surface area (Å²) in [6.07, 6.45) is 0.653. The molecule has 0 aliphatic heterocycles. The number of rotatable bonds is 4. The van der Waals surface area contributed by atoms with E-state index in [-0.39, 0.29) is 16.5 Å². The molecule has 1 N–H and O–H groups in total. The average Bonchev–Trinajstić information content (AvgIpc) is 2.41. The number of phenols is 1. The van der Waals surface area contributed by atoms with Gasteiger partial charge in [0.1, 0.15) is 12.9 Å². The summed E-state index contributed by atoms with van der Waals surface area (Å²) < 4.78 is 5.45. The normalized spacial score (nSPS) is 10.1. The van der Waals surface area contributed by atoms with E-state index < -0.39 is 0 Å². The Morgan fingerprint density at radius 2 is 1.94 bits per heavy atom. The van der Waals surface area contributed by atoms with Gasteiger partial charge < -0.3 is 9.84 Å². The second kappa shape index (κ2) is 5.56. The van der Waals surface area contributed by atoms with Gasteiger partial charge in [0.15, 0.2) is 11.5 Å². The maximum absolute atomic E-state index is 10.7. The van der Waals surface area contributed by atoms with Crippen LogP contribution in [0.15, 0.2) is 42.5 Å². The fraction of sp³-hybridized carbons (Fsp3) is 0.0714. The fourth-order valence-electron chi connectivity index (χ4n) is 1.51. The highest BCUT2D eigenvalue weighted by molar-refractivity contribution is 6.32. The van der Waals surface area contributed by atoms with Crippen molar-refractivity contribution in [1.82, 2.24) is 0 Å². The molecule has 0 spiro atoms. The molecule has 0 aromatic heterocycles. The summed E-state index contributed by atoms with van der Waals surface area (Å²) in [5.74, 6) is 0.0478. The molecule has 0 amide bonds. The van der Waals surface area contributed by atoms with Gasteiger partial charge in [0.25, 0.3) is 0 Å². The van der Waals surface area contributed by atoms with Crippen LogP contribution < -0.4 is 4.74 Å². The Morgan fingerprint density at radius 3 is 2.61 bits per heavy atom. The average molecular weight is 263 g/mol. The summed E-state index contributed by atoms with van der Waals surface area (Å²) in [5, 5.41) is 9.82. The lowest BCUT2D eigenvalue weighted by atomic mass is 10.2. The van der Waals surface area contributed by atoms with Gasteiger partial charge in [-0.15, -0.1) is 0 Å². The third-order valence-electron chi connectivity index (χ3n) is 2.42. The summed E-state index contributed by atoms with van der Waals surface area (Å²) in [7, 11) is 0. The summed E-state index contributed by atoms with van der Waals surface area (Å²) in [4.78, 5) is 10.7. The molecule has 0 fully saturated rings. The molecule has 0 saturated heterocycles. The molecule has 0 saturated carbocycles. The standard InChI is InChI=1S/C14H11ClO3/c15-12-6-11(8-16)7-13(14(12)17)18-9-10-4-2-1-3-5-10/h1-8,17H,9H2. The first-order valence-corrected chi connectivity index (χ1v) is 5.73. The molecule has 2 aromatic carbocycles. The second-order valence-electron chi connectivity index (χ2n) is 3.74. The Hall–Kier alpha value is -2.00. The van der Waals surface area contributed by atoms with E-state index in [0.717, 1.165) is 5.56 Å². The Bertz CT molecular complexity index is 552. The first-order chi connectivity index (χ1) is 8.70. The molecule has 0 atom stereocenters. The van der Waals surface area contributed by atoms with E-state index >= 15 is 0 Å². The second-order valence-corrected chi connectivity index (χ2v) is 4.15. The van der Waals surface area contributed by atoms with Crippen molar-refractivity contribution >= 4 is 17.9 Å². The van der Waals surface area contributed by atoms with Gasteiger partial charge in [-0.25, -0.2) is 0 Å². The number of benzene rings is 2. The quantitative estimate of drug-likeness (QED) is 0.859. The third kappa shape index (κ3) is 2.81. The molecule has 18 heavy (non-hydrogen) atoms. The minimum atomic E-state index is -0.154. The molecule has 4 heteroatoms. The van der Waals surface area contributed by atoms with E-state index in [4.69, 9.17) is 16.3 Å². The summed E-state index contributed by atoms with van der Waals surface area (Å²) in [5.41, 5.74) is 1.32. The van der Waals surface area contributed by atoms with Crippen LogP contribution in [0.5, 0.6) is 11.5 Å². The molecule has 0 unspecified atom stereocenters. The molecule has 0 bridgehead atoms. The van der Waals surface area contributed by atoms with Crippen LogP contribution in [0.1, 0.15) is 15.9 Å². The van der Waals surface area contributed by atoms with Crippen LogP contribution in [0.2, 0.25) is 5.02 Å². The number of halogens is 1. The lowest BCUT2D eigenvalue weighted by Crippen LogP contribution is -1.96. The first-order valence-electron chi connectivity index (χ1n) is 5.35. The first kappa shape index (κ1) is 12.5. The number of hydrogen-bond donors (Lipinski definition) is 1. The van der Waals surface area contributed by atoms with Crippen LogP contribution in [0, 0.1) is 0 Å².